The molecule has 1 aliphatic rings. The molecule has 0 saturated heterocycles. The first-order valence-electron chi connectivity index (χ1n) is 9.52. The highest BCUT2D eigenvalue weighted by molar-refractivity contribution is 6.30. The van der Waals surface area contributed by atoms with E-state index in [2.05, 4.69) is 0 Å². The van der Waals surface area contributed by atoms with Gasteiger partial charge in [0, 0.05) is 22.6 Å². The van der Waals surface area contributed by atoms with Gasteiger partial charge >= 0.3 is 11.9 Å². The van der Waals surface area contributed by atoms with Crippen LogP contribution < -0.4 is 9.47 Å². The van der Waals surface area contributed by atoms with Crippen LogP contribution in [0.2, 0.25) is 5.02 Å². The van der Waals surface area contributed by atoms with Crippen molar-refractivity contribution in [2.75, 3.05) is 7.11 Å². The summed E-state index contributed by atoms with van der Waals surface area (Å²) < 4.78 is 15.8. The Morgan fingerprint density at radius 1 is 1.27 bits per heavy atom. The standard InChI is InChI=1S/C23H23ClO6/c1-13(5-11-19(25)30-16-8-6-15(24)7-9-16)4-10-17-21(26)20-18(12-29-23(20)27)14(2)22(17)28-3/h4,6-9,26H,5,10-12H2,1-3H3/b13-4+. The number of carbonyl (C=O) groups is 2. The number of ether oxygens (including phenoxy) is 3. The molecule has 0 aromatic heterocycles. The Bertz CT molecular complexity index is 1010. The molecular formula is C23H23ClO6. The highest BCUT2D eigenvalue weighted by atomic mass is 35.5. The number of benzene rings is 2. The van der Waals surface area contributed by atoms with E-state index in [-0.39, 0.29) is 30.3 Å². The van der Waals surface area contributed by atoms with Crippen LogP contribution in [0.25, 0.3) is 0 Å². The average Bonchev–Trinajstić information content (AvgIpc) is 3.11. The van der Waals surface area contributed by atoms with Gasteiger partial charge in [-0.05, 0) is 56.5 Å². The van der Waals surface area contributed by atoms with Crippen LogP contribution in [0.5, 0.6) is 17.2 Å². The van der Waals surface area contributed by atoms with Crippen molar-refractivity contribution in [3.63, 3.8) is 0 Å². The minimum atomic E-state index is -0.528. The second-order valence-corrected chi connectivity index (χ2v) is 7.53. The van der Waals surface area contributed by atoms with Crippen molar-refractivity contribution in [1.29, 1.82) is 0 Å². The topological polar surface area (TPSA) is 82.1 Å². The molecule has 0 fully saturated rings. The molecule has 158 valence electrons. The zero-order chi connectivity index (χ0) is 21.8. The lowest BCUT2D eigenvalue weighted by molar-refractivity contribution is -0.134. The third-order valence-electron chi connectivity index (χ3n) is 5.07. The summed E-state index contributed by atoms with van der Waals surface area (Å²) in [6, 6.07) is 6.59. The van der Waals surface area contributed by atoms with E-state index >= 15 is 0 Å². The SMILES string of the molecule is COc1c(C)c2c(c(O)c1C/C=C(\C)CCC(=O)Oc1ccc(Cl)cc1)C(=O)OC2. The van der Waals surface area contributed by atoms with E-state index in [0.29, 0.717) is 40.5 Å². The molecule has 0 atom stereocenters. The van der Waals surface area contributed by atoms with Gasteiger partial charge in [-0.1, -0.05) is 23.3 Å². The van der Waals surface area contributed by atoms with Gasteiger partial charge in [0.15, 0.2) is 0 Å². The molecule has 30 heavy (non-hydrogen) atoms. The zero-order valence-corrected chi connectivity index (χ0v) is 17.8. The minimum absolute atomic E-state index is 0.110. The summed E-state index contributed by atoms with van der Waals surface area (Å²) in [5, 5.41) is 11.2. The Labute approximate surface area is 180 Å². The van der Waals surface area contributed by atoms with E-state index in [1.807, 2.05) is 19.9 Å². The monoisotopic (exact) mass is 430 g/mol. The summed E-state index contributed by atoms with van der Waals surface area (Å²) in [4.78, 5) is 24.0. The maximum Gasteiger partial charge on any atom is 0.342 e. The molecule has 1 aliphatic heterocycles. The number of aromatic hydroxyl groups is 1. The first-order valence-corrected chi connectivity index (χ1v) is 9.89. The van der Waals surface area contributed by atoms with Gasteiger partial charge < -0.3 is 19.3 Å². The van der Waals surface area contributed by atoms with E-state index in [9.17, 15) is 14.7 Å². The molecule has 2 aromatic rings. The van der Waals surface area contributed by atoms with Crippen molar-refractivity contribution in [3.05, 3.63) is 63.2 Å². The summed E-state index contributed by atoms with van der Waals surface area (Å²) in [7, 11) is 1.53. The molecule has 0 spiro atoms. The zero-order valence-electron chi connectivity index (χ0n) is 17.1. The summed E-state index contributed by atoms with van der Waals surface area (Å²) in [5.74, 6) is -0.000129. The maximum absolute atomic E-state index is 12.0. The van der Waals surface area contributed by atoms with Crippen LogP contribution >= 0.6 is 11.6 Å². The quantitative estimate of drug-likeness (QED) is 0.382. The van der Waals surface area contributed by atoms with Gasteiger partial charge in [-0.2, -0.15) is 0 Å². The van der Waals surface area contributed by atoms with Crippen LogP contribution in [-0.2, 0) is 22.6 Å². The molecule has 0 aliphatic carbocycles. The van der Waals surface area contributed by atoms with Crippen molar-refractivity contribution < 1.29 is 28.9 Å². The first-order chi connectivity index (χ1) is 14.3. The summed E-state index contributed by atoms with van der Waals surface area (Å²) in [5.41, 5.74) is 3.12. The molecule has 6 nitrogen and oxygen atoms in total. The highest BCUT2D eigenvalue weighted by Gasteiger charge is 2.31. The van der Waals surface area contributed by atoms with Crippen LogP contribution in [0.15, 0.2) is 35.9 Å². The van der Waals surface area contributed by atoms with E-state index < -0.39 is 5.97 Å². The molecule has 0 radical (unpaired) electrons. The van der Waals surface area contributed by atoms with Gasteiger partial charge in [-0.3, -0.25) is 4.79 Å². The number of rotatable bonds is 7. The molecule has 7 heteroatoms. The predicted octanol–water partition coefficient (Wildman–Crippen LogP) is 4.91. The van der Waals surface area contributed by atoms with Crippen LogP contribution in [0.1, 0.15) is 46.8 Å². The lowest BCUT2D eigenvalue weighted by atomic mass is 9.94. The van der Waals surface area contributed by atoms with Gasteiger partial charge in [0.2, 0.25) is 0 Å². The fourth-order valence-corrected chi connectivity index (χ4v) is 3.52. The van der Waals surface area contributed by atoms with Crippen molar-refractivity contribution >= 4 is 23.5 Å². The molecule has 0 bridgehead atoms. The number of allylic oxidation sites excluding steroid dienone is 2. The van der Waals surface area contributed by atoms with Crippen molar-refractivity contribution in [2.45, 2.75) is 39.7 Å². The Morgan fingerprint density at radius 3 is 2.63 bits per heavy atom. The molecule has 3 rings (SSSR count). The van der Waals surface area contributed by atoms with Crippen LogP contribution in [0, 0.1) is 6.92 Å². The molecule has 1 heterocycles. The average molecular weight is 431 g/mol. The molecule has 0 unspecified atom stereocenters. The Kier molecular flexibility index (Phi) is 6.67. The number of carbonyl (C=O) groups excluding carboxylic acids is 2. The van der Waals surface area contributed by atoms with E-state index in [1.165, 1.54) is 7.11 Å². The predicted molar refractivity (Wildman–Crippen MR) is 112 cm³/mol. The number of esters is 2. The smallest absolute Gasteiger partial charge is 0.342 e. The van der Waals surface area contributed by atoms with Crippen LogP contribution in [-0.4, -0.2) is 24.2 Å². The number of phenols is 1. The molecule has 2 aromatic carbocycles. The molecule has 0 amide bonds. The lowest BCUT2D eigenvalue weighted by Gasteiger charge is -2.15. The van der Waals surface area contributed by atoms with Gasteiger partial charge in [-0.25, -0.2) is 4.79 Å². The summed E-state index contributed by atoms with van der Waals surface area (Å²) in [6.45, 7) is 3.87. The minimum Gasteiger partial charge on any atom is -0.507 e. The number of halogens is 1. The van der Waals surface area contributed by atoms with Gasteiger partial charge in [0.1, 0.15) is 29.4 Å². The second-order valence-electron chi connectivity index (χ2n) is 7.10. The first kappa shape index (κ1) is 21.7. The summed E-state index contributed by atoms with van der Waals surface area (Å²) >= 11 is 5.82. The normalized spacial score (nSPS) is 13.1. The van der Waals surface area contributed by atoms with E-state index in [4.69, 9.17) is 25.8 Å². The van der Waals surface area contributed by atoms with E-state index in [0.717, 1.165) is 11.1 Å². The van der Waals surface area contributed by atoms with Gasteiger partial charge in [-0.15, -0.1) is 0 Å². The number of fused-ring (bicyclic) bond motifs is 1. The second kappa shape index (κ2) is 9.22. The Hall–Kier alpha value is -2.99. The van der Waals surface area contributed by atoms with Gasteiger partial charge in [0.05, 0.1) is 7.11 Å². The number of hydrogen-bond donors (Lipinski definition) is 1. The Morgan fingerprint density at radius 2 is 1.97 bits per heavy atom. The largest absolute Gasteiger partial charge is 0.507 e. The van der Waals surface area contributed by atoms with E-state index in [1.54, 1.807) is 24.3 Å². The number of cyclic esters (lactones) is 1. The fraction of sp³-hybridized carbons (Fsp3) is 0.304. The number of phenolic OH excluding ortho intramolecular Hbond substituents is 1. The number of hydrogen-bond acceptors (Lipinski definition) is 6. The van der Waals surface area contributed by atoms with Crippen LogP contribution in [0.4, 0.5) is 0 Å². The summed E-state index contributed by atoms with van der Waals surface area (Å²) in [6.07, 6.45) is 2.97. The maximum atomic E-state index is 12.0. The van der Waals surface area contributed by atoms with Crippen molar-refractivity contribution in [3.8, 4) is 17.2 Å². The highest BCUT2D eigenvalue weighted by Crippen LogP contribution is 2.42. The Balaban J connectivity index is 1.67. The van der Waals surface area contributed by atoms with Crippen molar-refractivity contribution in [2.24, 2.45) is 0 Å². The molecule has 1 N–H and O–H groups in total. The number of methoxy groups -OCH3 is 1. The molecular weight excluding hydrogens is 408 g/mol. The third-order valence-corrected chi connectivity index (χ3v) is 5.32. The third kappa shape index (κ3) is 4.60. The van der Waals surface area contributed by atoms with Crippen LogP contribution in [0.3, 0.4) is 0 Å². The van der Waals surface area contributed by atoms with Gasteiger partial charge in [0.25, 0.3) is 0 Å². The fourth-order valence-electron chi connectivity index (χ4n) is 3.39. The molecule has 0 saturated carbocycles. The lowest BCUT2D eigenvalue weighted by Crippen LogP contribution is -2.07. The van der Waals surface area contributed by atoms with Crippen molar-refractivity contribution in [1.82, 2.24) is 0 Å².